The summed E-state index contributed by atoms with van der Waals surface area (Å²) in [6.07, 6.45) is 1.50. The molecule has 0 atom stereocenters. The summed E-state index contributed by atoms with van der Waals surface area (Å²) < 4.78 is 48.9. The molecule has 1 rings (SSSR count). The Bertz CT molecular complexity index is 291. The van der Waals surface area contributed by atoms with Gasteiger partial charge in [0.15, 0.2) is 11.6 Å². The van der Waals surface area contributed by atoms with Crippen LogP contribution in [0, 0.1) is 43.5 Å². The largest absolute Gasteiger partial charge is 2.00 e. The summed E-state index contributed by atoms with van der Waals surface area (Å²) in [5, 5.41) is 0. The van der Waals surface area contributed by atoms with E-state index in [0.29, 0.717) is 0 Å². The summed E-state index contributed by atoms with van der Waals surface area (Å²) in [5.41, 5.74) is 0. The predicted molar refractivity (Wildman–Crippen MR) is 46.9 cm³/mol. The van der Waals surface area contributed by atoms with Crippen molar-refractivity contribution in [3.63, 3.8) is 0 Å². The van der Waals surface area contributed by atoms with Gasteiger partial charge in [-0.2, -0.15) is 0 Å². The van der Waals surface area contributed by atoms with E-state index in [4.69, 9.17) is 0 Å². The molecule has 0 bridgehead atoms. The molecule has 0 amide bonds. The molecule has 6 heteroatoms. The number of benzene rings is 1. The van der Waals surface area contributed by atoms with Gasteiger partial charge in [-0.05, 0) is 20.3 Å². The van der Waals surface area contributed by atoms with Gasteiger partial charge in [-0.15, -0.1) is 0 Å². The Morgan fingerprint density at radius 1 is 1.00 bits per heavy atom. The molecule has 0 aromatic heterocycles. The third kappa shape index (κ3) is 4.92. The van der Waals surface area contributed by atoms with Crippen LogP contribution in [0.5, 0.6) is 0 Å². The summed E-state index contributed by atoms with van der Waals surface area (Å²) in [6.45, 7) is 6.50. The van der Waals surface area contributed by atoms with Crippen molar-refractivity contribution < 1.29 is 38.0 Å². The van der Waals surface area contributed by atoms with E-state index in [1.54, 1.807) is 0 Å². The maximum Gasteiger partial charge on any atom is 2.00 e. The summed E-state index contributed by atoms with van der Waals surface area (Å²) in [4.78, 5) is -1.05. The van der Waals surface area contributed by atoms with Crippen LogP contribution in [0.3, 0.4) is 0 Å². The van der Waals surface area contributed by atoms with Gasteiger partial charge in [0.2, 0.25) is 0 Å². The second kappa shape index (κ2) is 8.03. The first kappa shape index (κ1) is 17.2. The van der Waals surface area contributed by atoms with Crippen LogP contribution in [0.2, 0.25) is 0 Å². The van der Waals surface area contributed by atoms with Crippen LogP contribution in [0.1, 0.15) is 0 Å². The van der Waals surface area contributed by atoms with Crippen LogP contribution < -0.4 is 0 Å². The number of hydrogen-bond donors (Lipinski definition) is 0. The first-order chi connectivity index (χ1) is 6.45. The minimum Gasteiger partial charge on any atom is -0.774 e. The minimum absolute atomic E-state index is 0. The Kier molecular flexibility index (Phi) is 9.22. The van der Waals surface area contributed by atoms with Crippen molar-refractivity contribution in [2.24, 2.45) is 0 Å². The molecule has 0 saturated heterocycles. The SMILES string of the molecule is Fc1cc(F)c(F)c([S-])c1F.[CH2][CH][CH2].[Pd+2]. The van der Waals surface area contributed by atoms with Crippen molar-refractivity contribution in [3.8, 4) is 0 Å². The number of hydrogen-bond acceptors (Lipinski definition) is 1. The van der Waals surface area contributed by atoms with E-state index in [1.807, 2.05) is 0 Å². The summed E-state index contributed by atoms with van der Waals surface area (Å²) >= 11 is 4.04. The van der Waals surface area contributed by atoms with Gasteiger partial charge in [0.25, 0.3) is 0 Å². The molecule has 3 radical (unpaired) electrons. The monoisotopic (exact) mass is 328 g/mol. The molecule has 0 nitrogen and oxygen atoms in total. The topological polar surface area (TPSA) is 0 Å². The first-order valence-electron chi connectivity index (χ1n) is 3.35. The van der Waals surface area contributed by atoms with Crippen molar-refractivity contribution in [1.29, 1.82) is 0 Å². The molecule has 0 N–H and O–H groups in total. The van der Waals surface area contributed by atoms with Crippen molar-refractivity contribution in [3.05, 3.63) is 49.6 Å². The van der Waals surface area contributed by atoms with Gasteiger partial charge < -0.3 is 12.6 Å². The molecular formula is C9H6F4PdS+. The van der Waals surface area contributed by atoms with Crippen LogP contribution in [-0.4, -0.2) is 0 Å². The molecule has 1 aromatic rings. The van der Waals surface area contributed by atoms with E-state index in [9.17, 15) is 17.6 Å². The second-order valence-electron chi connectivity index (χ2n) is 2.09. The second-order valence-corrected chi connectivity index (χ2v) is 2.49. The van der Waals surface area contributed by atoms with Crippen molar-refractivity contribution in [2.45, 2.75) is 4.90 Å². The summed E-state index contributed by atoms with van der Waals surface area (Å²) in [6, 6.07) is 0.112. The molecule has 0 aliphatic carbocycles. The average molecular weight is 329 g/mol. The zero-order valence-corrected chi connectivity index (χ0v) is 9.68. The standard InChI is InChI=1S/C6H2F4S.C3H5.Pd/c7-2-1-3(8)5(10)6(11)4(2)9;1-3-2;/h1,11H;3H,1-2H2;/q;;+2/p-1. The van der Waals surface area contributed by atoms with Gasteiger partial charge in [0.05, 0.1) is 0 Å². The molecule has 0 heterocycles. The smallest absolute Gasteiger partial charge is 0.774 e. The molecule has 0 fully saturated rings. The fourth-order valence-corrected chi connectivity index (χ4v) is 0.746. The normalized spacial score (nSPS) is 8.67. The number of halogens is 4. The molecule has 1 aromatic carbocycles. The van der Waals surface area contributed by atoms with Gasteiger partial charge in [-0.3, -0.25) is 0 Å². The Morgan fingerprint density at radius 2 is 1.27 bits per heavy atom. The van der Waals surface area contributed by atoms with Crippen LogP contribution in [0.25, 0.3) is 0 Å². The minimum atomic E-state index is -1.53. The summed E-state index contributed by atoms with van der Waals surface area (Å²) in [5.74, 6) is -6.01. The molecule has 0 aliphatic heterocycles. The van der Waals surface area contributed by atoms with Crippen molar-refractivity contribution in [2.75, 3.05) is 0 Å². The fourth-order valence-electron chi connectivity index (χ4n) is 0.551. The van der Waals surface area contributed by atoms with Gasteiger partial charge in [-0.25, -0.2) is 17.6 Å². The van der Waals surface area contributed by atoms with E-state index in [2.05, 4.69) is 26.5 Å². The van der Waals surface area contributed by atoms with Crippen molar-refractivity contribution >= 4 is 12.6 Å². The zero-order valence-electron chi connectivity index (χ0n) is 7.31. The molecular weight excluding hydrogens is 323 g/mol. The molecule has 0 saturated carbocycles. The van der Waals surface area contributed by atoms with E-state index in [1.165, 1.54) is 6.42 Å². The van der Waals surface area contributed by atoms with Gasteiger partial charge >= 0.3 is 20.4 Å². The van der Waals surface area contributed by atoms with Crippen molar-refractivity contribution in [1.82, 2.24) is 0 Å². The van der Waals surface area contributed by atoms with Crippen LogP contribution >= 0.6 is 0 Å². The summed E-state index contributed by atoms with van der Waals surface area (Å²) in [7, 11) is 0. The molecule has 85 valence electrons. The molecule has 15 heavy (non-hydrogen) atoms. The Labute approximate surface area is 105 Å². The van der Waals surface area contributed by atoms with Crippen LogP contribution in [-0.2, 0) is 33.1 Å². The zero-order chi connectivity index (χ0) is 11.3. The maximum atomic E-state index is 12.3. The van der Waals surface area contributed by atoms with Gasteiger partial charge in [-0.1, -0.05) is 4.90 Å². The quantitative estimate of drug-likeness (QED) is 0.305. The first-order valence-corrected chi connectivity index (χ1v) is 3.76. The Hall–Kier alpha value is -0.178. The Balaban J connectivity index is 0. The number of rotatable bonds is 0. The van der Waals surface area contributed by atoms with E-state index in [-0.39, 0.29) is 26.5 Å². The van der Waals surface area contributed by atoms with Crippen LogP contribution in [0.15, 0.2) is 11.0 Å². The third-order valence-electron chi connectivity index (χ3n) is 1.07. The molecule has 0 unspecified atom stereocenters. The molecule has 0 aliphatic rings. The van der Waals surface area contributed by atoms with E-state index >= 15 is 0 Å². The van der Waals surface area contributed by atoms with Gasteiger partial charge in [0.1, 0.15) is 11.6 Å². The third-order valence-corrected chi connectivity index (χ3v) is 1.43. The van der Waals surface area contributed by atoms with Gasteiger partial charge in [0, 0.05) is 6.07 Å². The van der Waals surface area contributed by atoms with E-state index < -0.39 is 28.2 Å². The Morgan fingerprint density at radius 3 is 1.53 bits per heavy atom. The molecule has 0 spiro atoms. The van der Waals surface area contributed by atoms with Crippen LogP contribution in [0.4, 0.5) is 17.6 Å². The maximum absolute atomic E-state index is 12.3. The predicted octanol–water partition coefficient (Wildman–Crippen LogP) is 3.01. The fraction of sp³-hybridized carbons (Fsp3) is 0. The average Bonchev–Trinajstić information content (AvgIpc) is 2.13. The van der Waals surface area contributed by atoms with E-state index in [0.717, 1.165) is 0 Å².